The van der Waals surface area contributed by atoms with Crippen molar-refractivity contribution in [3.63, 3.8) is 0 Å². The predicted molar refractivity (Wildman–Crippen MR) is 118 cm³/mol. The Kier molecular flexibility index (Phi) is 6.93. The van der Waals surface area contributed by atoms with Gasteiger partial charge in [-0.15, -0.1) is 0 Å². The minimum Gasteiger partial charge on any atom is -0.340 e. The maximum atomic E-state index is 12.6. The van der Waals surface area contributed by atoms with Gasteiger partial charge in [-0.2, -0.15) is 0 Å². The zero-order valence-electron chi connectivity index (χ0n) is 17.9. The summed E-state index contributed by atoms with van der Waals surface area (Å²) in [5, 5.41) is 2.75. The van der Waals surface area contributed by atoms with Crippen LogP contribution >= 0.6 is 0 Å². The molecule has 3 aliphatic rings. The zero-order valence-corrected chi connectivity index (χ0v) is 18.8. The molecule has 1 aromatic rings. The molecule has 170 valence electrons. The van der Waals surface area contributed by atoms with Crippen molar-refractivity contribution in [2.24, 2.45) is 0 Å². The summed E-state index contributed by atoms with van der Waals surface area (Å²) in [4.78, 5) is 28.6. The lowest BCUT2D eigenvalue weighted by atomic mass is 9.94. The number of rotatable bonds is 6. The summed E-state index contributed by atoms with van der Waals surface area (Å²) in [6, 6.07) is 5.38. The molecule has 0 aromatic heterocycles. The molecular formula is C22H32N4O4S. The molecule has 0 radical (unpaired) electrons. The highest BCUT2D eigenvalue weighted by Gasteiger charge is 2.27. The summed E-state index contributed by atoms with van der Waals surface area (Å²) in [5.74, 6) is -0.0570. The Hall–Kier alpha value is -1.97. The minimum absolute atomic E-state index is 0.000789. The molecule has 0 spiro atoms. The lowest BCUT2D eigenvalue weighted by molar-refractivity contribution is -0.133. The largest absolute Gasteiger partial charge is 0.340 e. The highest BCUT2D eigenvalue weighted by Crippen LogP contribution is 2.26. The molecule has 1 saturated heterocycles. The molecule has 2 fully saturated rings. The van der Waals surface area contributed by atoms with Crippen molar-refractivity contribution in [3.05, 3.63) is 23.8 Å². The maximum absolute atomic E-state index is 12.6. The van der Waals surface area contributed by atoms with E-state index < -0.39 is 10.0 Å². The van der Waals surface area contributed by atoms with E-state index in [9.17, 15) is 18.0 Å². The molecule has 2 amide bonds. The molecule has 1 saturated carbocycles. The molecule has 1 aromatic carbocycles. The highest BCUT2D eigenvalue weighted by molar-refractivity contribution is 7.89. The van der Waals surface area contributed by atoms with Gasteiger partial charge >= 0.3 is 0 Å². The number of hydrogen-bond acceptors (Lipinski definition) is 5. The van der Waals surface area contributed by atoms with E-state index in [4.69, 9.17) is 0 Å². The van der Waals surface area contributed by atoms with Gasteiger partial charge in [0.1, 0.15) is 0 Å². The van der Waals surface area contributed by atoms with Gasteiger partial charge in [-0.1, -0.05) is 19.3 Å². The normalized spacial score (nSPS) is 20.9. The van der Waals surface area contributed by atoms with E-state index in [1.54, 1.807) is 12.1 Å². The van der Waals surface area contributed by atoms with Gasteiger partial charge in [0.2, 0.25) is 21.8 Å². The first-order chi connectivity index (χ1) is 14.9. The molecule has 2 N–H and O–H groups in total. The maximum Gasteiger partial charge on any atom is 0.240 e. The molecule has 2 heterocycles. The number of aryl methyl sites for hydroxylation is 1. The van der Waals surface area contributed by atoms with E-state index >= 15 is 0 Å². The monoisotopic (exact) mass is 448 g/mol. The van der Waals surface area contributed by atoms with E-state index in [0.717, 1.165) is 31.7 Å². The number of nitrogens with zero attached hydrogens (tertiary/aromatic N) is 2. The average Bonchev–Trinajstić information content (AvgIpc) is 2.79. The average molecular weight is 449 g/mol. The summed E-state index contributed by atoms with van der Waals surface area (Å²) < 4.78 is 27.8. The highest BCUT2D eigenvalue weighted by atomic mass is 32.2. The summed E-state index contributed by atoms with van der Waals surface area (Å²) in [6.45, 7) is 3.34. The van der Waals surface area contributed by atoms with Crippen LogP contribution in [0.1, 0.15) is 50.5 Å². The first-order valence-corrected chi connectivity index (χ1v) is 12.8. The quantitative estimate of drug-likeness (QED) is 0.690. The third-order valence-corrected chi connectivity index (χ3v) is 8.13. The van der Waals surface area contributed by atoms with E-state index in [0.29, 0.717) is 24.6 Å². The van der Waals surface area contributed by atoms with Crippen LogP contribution in [0.3, 0.4) is 0 Å². The van der Waals surface area contributed by atoms with E-state index in [2.05, 4.69) is 14.9 Å². The Labute approximate surface area is 184 Å². The number of hydrogen-bond donors (Lipinski definition) is 2. The van der Waals surface area contributed by atoms with Crippen LogP contribution in [0.15, 0.2) is 23.1 Å². The number of fused-ring (bicyclic) bond motifs is 1. The second kappa shape index (κ2) is 9.67. The van der Waals surface area contributed by atoms with Crippen molar-refractivity contribution in [2.45, 2.75) is 62.3 Å². The molecule has 0 bridgehead atoms. The van der Waals surface area contributed by atoms with Crippen LogP contribution in [0.5, 0.6) is 0 Å². The Balaban J connectivity index is 1.24. The van der Waals surface area contributed by atoms with Gasteiger partial charge in [0.05, 0.1) is 4.90 Å². The van der Waals surface area contributed by atoms with Crippen molar-refractivity contribution in [3.8, 4) is 0 Å². The third kappa shape index (κ3) is 5.45. The lowest BCUT2D eigenvalue weighted by Gasteiger charge is -2.40. The fraction of sp³-hybridized carbons (Fsp3) is 0.636. The number of piperazine rings is 1. The Bertz CT molecular complexity index is 919. The summed E-state index contributed by atoms with van der Waals surface area (Å²) in [6.07, 6.45) is 7.53. The van der Waals surface area contributed by atoms with Crippen LogP contribution in [-0.4, -0.2) is 68.8 Å². The van der Waals surface area contributed by atoms with Crippen molar-refractivity contribution in [1.29, 1.82) is 0 Å². The van der Waals surface area contributed by atoms with E-state index in [1.807, 2.05) is 4.90 Å². The molecule has 8 nitrogen and oxygen atoms in total. The summed E-state index contributed by atoms with van der Waals surface area (Å²) >= 11 is 0. The van der Waals surface area contributed by atoms with Crippen LogP contribution in [0, 0.1) is 0 Å². The van der Waals surface area contributed by atoms with Crippen LogP contribution in [-0.2, 0) is 26.0 Å². The molecular weight excluding hydrogens is 416 g/mol. The van der Waals surface area contributed by atoms with Crippen LogP contribution in [0.4, 0.5) is 5.69 Å². The second-order valence-corrected chi connectivity index (χ2v) is 10.5. The molecule has 2 aliphatic heterocycles. The van der Waals surface area contributed by atoms with Gasteiger partial charge < -0.3 is 10.2 Å². The number of benzene rings is 1. The van der Waals surface area contributed by atoms with Gasteiger partial charge in [-0.25, -0.2) is 13.1 Å². The topological polar surface area (TPSA) is 98.8 Å². The fourth-order valence-electron chi connectivity index (χ4n) is 4.84. The predicted octanol–water partition coefficient (Wildman–Crippen LogP) is 1.72. The molecule has 1 aliphatic carbocycles. The minimum atomic E-state index is -3.70. The van der Waals surface area contributed by atoms with E-state index in [1.165, 1.54) is 38.2 Å². The van der Waals surface area contributed by atoms with E-state index in [-0.39, 0.29) is 29.7 Å². The Morgan fingerprint density at radius 3 is 2.55 bits per heavy atom. The number of carbonyl (C=O) groups excluding carboxylic acids is 2. The standard InChI is InChI=1S/C22H32N4O4S/c27-21-9-6-17-16-19(7-8-20(17)24-21)31(29,30)23-11-10-22(28)26-14-12-25(13-15-26)18-4-2-1-3-5-18/h7-8,16,18,23H,1-6,9-15H2,(H,24,27). The smallest absolute Gasteiger partial charge is 0.240 e. The Morgan fingerprint density at radius 2 is 1.81 bits per heavy atom. The van der Waals surface area contributed by atoms with Crippen molar-refractivity contribution >= 4 is 27.5 Å². The van der Waals surface area contributed by atoms with Crippen molar-refractivity contribution in [2.75, 3.05) is 38.0 Å². The van der Waals surface area contributed by atoms with Crippen LogP contribution in [0.25, 0.3) is 0 Å². The van der Waals surface area contributed by atoms with Gasteiger partial charge in [-0.05, 0) is 43.0 Å². The lowest BCUT2D eigenvalue weighted by Crippen LogP contribution is -2.52. The number of sulfonamides is 1. The third-order valence-electron chi connectivity index (χ3n) is 6.67. The Morgan fingerprint density at radius 1 is 1.06 bits per heavy atom. The summed E-state index contributed by atoms with van der Waals surface area (Å²) in [7, 11) is -3.70. The van der Waals surface area contributed by atoms with Crippen LogP contribution < -0.4 is 10.0 Å². The van der Waals surface area contributed by atoms with Gasteiger partial charge in [0.25, 0.3) is 0 Å². The van der Waals surface area contributed by atoms with Gasteiger partial charge in [0, 0.05) is 57.3 Å². The van der Waals surface area contributed by atoms with Crippen LogP contribution in [0.2, 0.25) is 0 Å². The molecule has 9 heteroatoms. The molecule has 31 heavy (non-hydrogen) atoms. The molecule has 0 atom stereocenters. The zero-order chi connectivity index (χ0) is 21.8. The SMILES string of the molecule is O=C1CCc2cc(S(=O)(=O)NCCC(=O)N3CCN(C4CCCCC4)CC3)ccc2N1. The first kappa shape index (κ1) is 22.2. The number of carbonyl (C=O) groups is 2. The van der Waals surface area contributed by atoms with Gasteiger partial charge in [-0.3, -0.25) is 14.5 Å². The first-order valence-electron chi connectivity index (χ1n) is 11.4. The van der Waals surface area contributed by atoms with Crippen molar-refractivity contribution < 1.29 is 18.0 Å². The summed E-state index contributed by atoms with van der Waals surface area (Å²) in [5.41, 5.74) is 1.48. The van der Waals surface area contributed by atoms with Gasteiger partial charge in [0.15, 0.2) is 0 Å². The number of amides is 2. The fourth-order valence-corrected chi connectivity index (χ4v) is 5.93. The molecule has 0 unspecified atom stereocenters. The van der Waals surface area contributed by atoms with Crippen molar-refractivity contribution in [1.82, 2.24) is 14.5 Å². The number of nitrogens with one attached hydrogen (secondary N) is 2. The number of anilines is 1. The molecule has 4 rings (SSSR count). The second-order valence-electron chi connectivity index (χ2n) is 8.72.